The molecule has 0 aliphatic carbocycles. The molecule has 122 valence electrons. The minimum Gasteiger partial charge on any atom is -0.466 e. The molecule has 0 bridgehead atoms. The maximum absolute atomic E-state index is 12.1. The Balaban J connectivity index is 2.40. The van der Waals surface area contributed by atoms with Gasteiger partial charge in [0.25, 0.3) is 0 Å². The van der Waals surface area contributed by atoms with Crippen molar-refractivity contribution < 1.29 is 12.8 Å². The first kappa shape index (κ1) is 18.2. The Labute approximate surface area is 128 Å². The van der Waals surface area contributed by atoms with Gasteiger partial charge in [-0.1, -0.05) is 6.92 Å². The topological polar surface area (TPSA) is 71.3 Å². The summed E-state index contributed by atoms with van der Waals surface area (Å²) >= 11 is 0. The normalized spacial score (nSPS) is 13.5. The van der Waals surface area contributed by atoms with Crippen molar-refractivity contribution in [1.82, 2.24) is 10.0 Å². The first-order chi connectivity index (χ1) is 9.85. The SMILES string of the molecule is CCCNCCCCS(=O)(=O)NC(C)c1cc(C)oc1C. The summed E-state index contributed by atoms with van der Waals surface area (Å²) < 4.78 is 32.3. The van der Waals surface area contributed by atoms with Gasteiger partial charge >= 0.3 is 0 Å². The Morgan fingerprint density at radius 3 is 2.52 bits per heavy atom. The molecule has 0 radical (unpaired) electrons. The Kier molecular flexibility index (Phi) is 7.42. The van der Waals surface area contributed by atoms with E-state index in [-0.39, 0.29) is 11.8 Å². The van der Waals surface area contributed by atoms with Crippen LogP contribution < -0.4 is 10.0 Å². The van der Waals surface area contributed by atoms with Crippen LogP contribution in [0.5, 0.6) is 0 Å². The third kappa shape index (κ3) is 6.63. The summed E-state index contributed by atoms with van der Waals surface area (Å²) in [5.74, 6) is 1.74. The molecular weight excluding hydrogens is 288 g/mol. The lowest BCUT2D eigenvalue weighted by Gasteiger charge is -2.13. The molecule has 6 heteroatoms. The van der Waals surface area contributed by atoms with Crippen LogP contribution in [0, 0.1) is 13.8 Å². The molecule has 21 heavy (non-hydrogen) atoms. The van der Waals surface area contributed by atoms with Gasteiger partial charge in [0.2, 0.25) is 10.0 Å². The van der Waals surface area contributed by atoms with Gasteiger partial charge in [-0.25, -0.2) is 13.1 Å². The Bertz CT molecular complexity index is 523. The van der Waals surface area contributed by atoms with Gasteiger partial charge < -0.3 is 9.73 Å². The van der Waals surface area contributed by atoms with E-state index in [0.29, 0.717) is 6.42 Å². The molecule has 1 atom stereocenters. The molecule has 0 saturated heterocycles. The fraction of sp³-hybridized carbons (Fsp3) is 0.733. The number of hydrogen-bond acceptors (Lipinski definition) is 4. The highest BCUT2D eigenvalue weighted by atomic mass is 32.2. The van der Waals surface area contributed by atoms with Crippen LogP contribution in [0.15, 0.2) is 10.5 Å². The highest BCUT2D eigenvalue weighted by Gasteiger charge is 2.18. The fourth-order valence-electron chi connectivity index (χ4n) is 2.32. The van der Waals surface area contributed by atoms with E-state index in [4.69, 9.17) is 4.42 Å². The van der Waals surface area contributed by atoms with Gasteiger partial charge in [0.15, 0.2) is 0 Å². The molecular formula is C15H28N2O3S. The van der Waals surface area contributed by atoms with Crippen LogP contribution in [0.2, 0.25) is 0 Å². The van der Waals surface area contributed by atoms with E-state index in [1.54, 1.807) is 0 Å². The summed E-state index contributed by atoms with van der Waals surface area (Å²) in [6.07, 6.45) is 2.64. The van der Waals surface area contributed by atoms with Crippen molar-refractivity contribution in [2.24, 2.45) is 0 Å². The van der Waals surface area contributed by atoms with Gasteiger partial charge in [-0.05, 0) is 59.2 Å². The molecule has 0 fully saturated rings. The van der Waals surface area contributed by atoms with E-state index in [1.807, 2.05) is 26.8 Å². The lowest BCUT2D eigenvalue weighted by molar-refractivity contribution is 0.496. The maximum Gasteiger partial charge on any atom is 0.212 e. The Morgan fingerprint density at radius 2 is 1.95 bits per heavy atom. The standard InChI is InChI=1S/C15H28N2O3S/c1-5-8-16-9-6-7-10-21(18,19)17-13(3)15-11-12(2)20-14(15)4/h11,13,16-17H,5-10H2,1-4H3. The Hall–Kier alpha value is -0.850. The van der Waals surface area contributed by atoms with Crippen molar-refractivity contribution >= 4 is 10.0 Å². The molecule has 1 aromatic rings. The quantitative estimate of drug-likeness (QED) is 0.651. The molecule has 1 unspecified atom stereocenters. The monoisotopic (exact) mass is 316 g/mol. The zero-order valence-corrected chi connectivity index (χ0v) is 14.3. The van der Waals surface area contributed by atoms with Crippen molar-refractivity contribution in [1.29, 1.82) is 0 Å². The first-order valence-corrected chi connectivity index (χ1v) is 9.28. The van der Waals surface area contributed by atoms with Crippen LogP contribution in [-0.4, -0.2) is 27.3 Å². The number of furan rings is 1. The highest BCUT2D eigenvalue weighted by molar-refractivity contribution is 7.89. The summed E-state index contributed by atoms with van der Waals surface area (Å²) in [6.45, 7) is 9.54. The largest absolute Gasteiger partial charge is 0.466 e. The summed E-state index contributed by atoms with van der Waals surface area (Å²) in [7, 11) is -3.25. The molecule has 0 aliphatic heterocycles. The van der Waals surface area contributed by atoms with Gasteiger partial charge in [-0.3, -0.25) is 0 Å². The minimum absolute atomic E-state index is 0.168. The van der Waals surface area contributed by atoms with E-state index in [9.17, 15) is 8.42 Å². The van der Waals surface area contributed by atoms with E-state index in [2.05, 4.69) is 17.0 Å². The number of unbranched alkanes of at least 4 members (excludes halogenated alkanes) is 1. The second kappa shape index (κ2) is 8.56. The number of sulfonamides is 1. The van der Waals surface area contributed by atoms with Gasteiger partial charge in [0, 0.05) is 11.6 Å². The number of nitrogens with one attached hydrogen (secondary N) is 2. The van der Waals surface area contributed by atoms with Crippen molar-refractivity contribution in [3.05, 3.63) is 23.2 Å². The molecule has 2 N–H and O–H groups in total. The van der Waals surface area contributed by atoms with Gasteiger partial charge in [-0.2, -0.15) is 0 Å². The van der Waals surface area contributed by atoms with Crippen LogP contribution >= 0.6 is 0 Å². The maximum atomic E-state index is 12.1. The second-order valence-electron chi connectivity index (χ2n) is 5.48. The third-order valence-corrected chi connectivity index (χ3v) is 4.88. The Morgan fingerprint density at radius 1 is 1.24 bits per heavy atom. The lowest BCUT2D eigenvalue weighted by atomic mass is 10.1. The predicted molar refractivity (Wildman–Crippen MR) is 85.9 cm³/mol. The molecule has 1 rings (SSSR count). The van der Waals surface area contributed by atoms with Gasteiger partial charge in [-0.15, -0.1) is 0 Å². The molecule has 1 heterocycles. The number of aryl methyl sites for hydroxylation is 2. The third-order valence-electron chi connectivity index (χ3n) is 3.35. The van der Waals surface area contributed by atoms with Crippen molar-refractivity contribution in [2.75, 3.05) is 18.8 Å². The molecule has 0 saturated carbocycles. The van der Waals surface area contributed by atoms with Crippen molar-refractivity contribution in [3.8, 4) is 0 Å². The molecule has 0 aliphatic rings. The molecule has 5 nitrogen and oxygen atoms in total. The summed E-state index contributed by atoms with van der Waals surface area (Å²) in [5, 5.41) is 3.27. The zero-order valence-electron chi connectivity index (χ0n) is 13.5. The molecule has 0 amide bonds. The number of rotatable bonds is 10. The molecule has 0 spiro atoms. The summed E-state index contributed by atoms with van der Waals surface area (Å²) in [6, 6.07) is 1.63. The van der Waals surface area contributed by atoms with E-state index >= 15 is 0 Å². The first-order valence-electron chi connectivity index (χ1n) is 7.63. The van der Waals surface area contributed by atoms with Crippen LogP contribution in [0.25, 0.3) is 0 Å². The van der Waals surface area contributed by atoms with Gasteiger partial charge in [0.05, 0.1) is 5.75 Å². The zero-order chi connectivity index (χ0) is 15.9. The molecule has 0 aromatic carbocycles. The van der Waals surface area contributed by atoms with Crippen molar-refractivity contribution in [2.45, 2.75) is 53.0 Å². The lowest BCUT2D eigenvalue weighted by Crippen LogP contribution is -2.29. The van der Waals surface area contributed by atoms with E-state index in [1.165, 1.54) is 0 Å². The minimum atomic E-state index is -3.25. The van der Waals surface area contributed by atoms with Crippen molar-refractivity contribution in [3.63, 3.8) is 0 Å². The second-order valence-corrected chi connectivity index (χ2v) is 7.36. The van der Waals surface area contributed by atoms with E-state index in [0.717, 1.165) is 43.0 Å². The smallest absolute Gasteiger partial charge is 0.212 e. The summed E-state index contributed by atoms with van der Waals surface area (Å²) in [4.78, 5) is 0. The van der Waals surface area contributed by atoms with Gasteiger partial charge in [0.1, 0.15) is 11.5 Å². The van der Waals surface area contributed by atoms with E-state index < -0.39 is 10.0 Å². The number of hydrogen-bond donors (Lipinski definition) is 2. The average molecular weight is 316 g/mol. The van der Waals surface area contributed by atoms with Crippen LogP contribution in [0.1, 0.15) is 56.2 Å². The van der Waals surface area contributed by atoms with Crippen LogP contribution in [0.4, 0.5) is 0 Å². The fourth-order valence-corrected chi connectivity index (χ4v) is 3.68. The van der Waals surface area contributed by atoms with Crippen LogP contribution in [0.3, 0.4) is 0 Å². The average Bonchev–Trinajstić information content (AvgIpc) is 2.72. The highest BCUT2D eigenvalue weighted by Crippen LogP contribution is 2.21. The van der Waals surface area contributed by atoms with Crippen LogP contribution in [-0.2, 0) is 10.0 Å². The summed E-state index contributed by atoms with van der Waals surface area (Å²) in [5.41, 5.74) is 0.903. The molecule has 1 aromatic heterocycles. The predicted octanol–water partition coefficient (Wildman–Crippen LogP) is 2.66.